The smallest absolute Gasteiger partial charge is 0.201 e. The predicted molar refractivity (Wildman–Crippen MR) is 111 cm³/mol. The Kier molecular flexibility index (Phi) is 5.91. The van der Waals surface area contributed by atoms with Crippen LogP contribution in [0.15, 0.2) is 49.2 Å². The Morgan fingerprint density at radius 3 is 2.87 bits per heavy atom. The fourth-order valence-electron chi connectivity index (χ4n) is 3.07. The van der Waals surface area contributed by atoms with Crippen LogP contribution >= 0.6 is 0 Å². The van der Waals surface area contributed by atoms with Gasteiger partial charge < -0.3 is 10.3 Å². The van der Waals surface area contributed by atoms with Gasteiger partial charge in [0.2, 0.25) is 10.9 Å². The number of benzene rings is 1. The zero-order chi connectivity index (χ0) is 20.9. The molecule has 4 rings (SSSR count). The van der Waals surface area contributed by atoms with Crippen molar-refractivity contribution in [2.24, 2.45) is 0 Å². The quantitative estimate of drug-likeness (QED) is 0.251. The summed E-state index contributed by atoms with van der Waals surface area (Å²) in [5.41, 5.74) is 3.55. The van der Waals surface area contributed by atoms with E-state index < -0.39 is 16.7 Å². The van der Waals surface area contributed by atoms with Crippen molar-refractivity contribution in [1.82, 2.24) is 29.6 Å². The maximum Gasteiger partial charge on any atom is 0.201 e. The van der Waals surface area contributed by atoms with Gasteiger partial charge in [-0.05, 0) is 42.7 Å². The molecule has 0 aliphatic heterocycles. The number of thiol groups is 1. The highest BCUT2D eigenvalue weighted by atomic mass is 32.2. The average molecular weight is 427 g/mol. The van der Waals surface area contributed by atoms with Crippen molar-refractivity contribution < 1.29 is 12.8 Å². The molecule has 0 amide bonds. The van der Waals surface area contributed by atoms with Crippen LogP contribution in [0.4, 0.5) is 15.9 Å². The van der Waals surface area contributed by atoms with E-state index in [-0.39, 0.29) is 5.69 Å². The first kappa shape index (κ1) is 19.9. The van der Waals surface area contributed by atoms with Crippen molar-refractivity contribution >= 4 is 33.6 Å². The van der Waals surface area contributed by atoms with Crippen LogP contribution in [-0.2, 0) is 17.3 Å². The number of H-pyrrole nitrogens is 1. The molecule has 0 radical (unpaired) electrons. The molecule has 3 heterocycles. The molecule has 3 N–H and O–H groups in total. The summed E-state index contributed by atoms with van der Waals surface area (Å²) in [5, 5.41) is 3.05. The fraction of sp³-hybridized carbons (Fsp3) is 0.158. The molecule has 0 aliphatic rings. The second-order valence-electron chi connectivity index (χ2n) is 6.43. The summed E-state index contributed by atoms with van der Waals surface area (Å²) >= 11 is 0. The SMILES string of the molecule is O=[SH](=O)NCCCc1ccc(F)c(Nc2ncccc2-c2ncnc3[nH]cnc23)c1. The van der Waals surface area contributed by atoms with E-state index in [2.05, 4.69) is 35.0 Å². The number of anilines is 2. The van der Waals surface area contributed by atoms with Gasteiger partial charge in [0, 0.05) is 18.3 Å². The summed E-state index contributed by atoms with van der Waals surface area (Å²) < 4.78 is 38.0. The Balaban J connectivity index is 1.61. The number of aryl methyl sites for hydroxylation is 1. The molecule has 0 saturated carbocycles. The van der Waals surface area contributed by atoms with E-state index in [4.69, 9.17) is 0 Å². The number of nitrogens with zero attached hydrogens (tertiary/aromatic N) is 4. The van der Waals surface area contributed by atoms with E-state index in [9.17, 15) is 12.8 Å². The third-order valence-electron chi connectivity index (χ3n) is 4.45. The van der Waals surface area contributed by atoms with Crippen molar-refractivity contribution in [2.75, 3.05) is 11.9 Å². The zero-order valence-electron chi connectivity index (χ0n) is 15.7. The monoisotopic (exact) mass is 427 g/mol. The lowest BCUT2D eigenvalue weighted by Gasteiger charge is -2.12. The van der Waals surface area contributed by atoms with E-state index in [0.717, 1.165) is 5.56 Å². The number of nitrogens with one attached hydrogen (secondary N) is 3. The van der Waals surface area contributed by atoms with Crippen molar-refractivity contribution in [3.05, 3.63) is 60.6 Å². The highest BCUT2D eigenvalue weighted by molar-refractivity contribution is 7.70. The summed E-state index contributed by atoms with van der Waals surface area (Å²) in [6, 6.07) is 8.33. The lowest BCUT2D eigenvalue weighted by Crippen LogP contribution is -2.13. The molecule has 0 spiro atoms. The molecule has 0 unspecified atom stereocenters. The Hall–Kier alpha value is -3.44. The number of pyridine rings is 1. The largest absolute Gasteiger partial charge is 0.337 e. The molecule has 11 heteroatoms. The highest BCUT2D eigenvalue weighted by Crippen LogP contribution is 2.31. The topological polar surface area (TPSA) is 126 Å². The van der Waals surface area contributed by atoms with Crippen LogP contribution in [-0.4, -0.2) is 39.9 Å². The van der Waals surface area contributed by atoms with E-state index >= 15 is 0 Å². The zero-order valence-corrected chi connectivity index (χ0v) is 16.6. The number of aromatic nitrogens is 5. The molecule has 154 valence electrons. The number of hydrogen-bond acceptors (Lipinski definition) is 7. The van der Waals surface area contributed by atoms with Crippen molar-refractivity contribution in [3.8, 4) is 11.3 Å². The van der Waals surface area contributed by atoms with Crippen molar-refractivity contribution in [2.45, 2.75) is 12.8 Å². The third-order valence-corrected chi connectivity index (χ3v) is 4.93. The summed E-state index contributed by atoms with van der Waals surface area (Å²) in [6.07, 6.45) is 5.76. The second kappa shape index (κ2) is 8.93. The minimum atomic E-state index is -2.61. The Bertz CT molecular complexity index is 1250. The van der Waals surface area contributed by atoms with E-state index in [1.165, 1.54) is 18.7 Å². The van der Waals surface area contributed by atoms with Gasteiger partial charge in [-0.25, -0.2) is 37.5 Å². The molecular weight excluding hydrogens is 409 g/mol. The molecule has 0 saturated heterocycles. The number of fused-ring (bicyclic) bond motifs is 1. The summed E-state index contributed by atoms with van der Waals surface area (Å²) in [4.78, 5) is 20.0. The number of hydrogen-bond donors (Lipinski definition) is 4. The van der Waals surface area contributed by atoms with Crippen LogP contribution in [0.5, 0.6) is 0 Å². The van der Waals surface area contributed by atoms with Gasteiger partial charge in [-0.15, -0.1) is 0 Å². The van der Waals surface area contributed by atoms with Gasteiger partial charge >= 0.3 is 0 Å². The second-order valence-corrected chi connectivity index (χ2v) is 7.26. The first-order valence-electron chi connectivity index (χ1n) is 9.14. The molecule has 1 aromatic carbocycles. The normalized spacial score (nSPS) is 11.3. The maximum absolute atomic E-state index is 14.5. The van der Waals surface area contributed by atoms with Crippen molar-refractivity contribution in [3.63, 3.8) is 0 Å². The third kappa shape index (κ3) is 4.42. The molecule has 9 nitrogen and oxygen atoms in total. The van der Waals surface area contributed by atoms with Crippen LogP contribution in [0, 0.1) is 5.82 Å². The molecule has 4 aromatic rings. The van der Waals surface area contributed by atoms with Gasteiger partial charge in [0.1, 0.15) is 29.2 Å². The number of rotatable bonds is 8. The molecule has 3 aromatic heterocycles. The van der Waals surface area contributed by atoms with Crippen LogP contribution in [0.1, 0.15) is 12.0 Å². The molecule has 30 heavy (non-hydrogen) atoms. The van der Waals surface area contributed by atoms with E-state index in [0.29, 0.717) is 47.6 Å². The lowest BCUT2D eigenvalue weighted by atomic mass is 10.1. The number of imidazole rings is 1. The molecular formula is C19H18FN7O2S. The lowest BCUT2D eigenvalue weighted by molar-refractivity contribution is 0.599. The van der Waals surface area contributed by atoms with Crippen molar-refractivity contribution in [1.29, 1.82) is 0 Å². The fourth-order valence-corrected chi connectivity index (χ4v) is 3.41. The molecule has 0 atom stereocenters. The van der Waals surface area contributed by atoms with Gasteiger partial charge in [0.05, 0.1) is 12.0 Å². The molecule has 0 bridgehead atoms. The number of aromatic amines is 1. The van der Waals surface area contributed by atoms with Crippen LogP contribution in [0.25, 0.3) is 22.4 Å². The van der Waals surface area contributed by atoms with Gasteiger partial charge in [-0.2, -0.15) is 0 Å². The summed E-state index contributed by atoms with van der Waals surface area (Å²) in [6.45, 7) is 0.330. The minimum absolute atomic E-state index is 0.266. The van der Waals surface area contributed by atoms with Crippen LogP contribution in [0.2, 0.25) is 0 Å². The molecule has 0 fully saturated rings. The van der Waals surface area contributed by atoms with Crippen LogP contribution < -0.4 is 10.0 Å². The summed E-state index contributed by atoms with van der Waals surface area (Å²) in [7, 11) is -2.61. The first-order chi connectivity index (χ1) is 14.6. The average Bonchev–Trinajstić information content (AvgIpc) is 3.23. The Morgan fingerprint density at radius 1 is 1.10 bits per heavy atom. The molecule has 0 aliphatic carbocycles. The van der Waals surface area contributed by atoms with Gasteiger partial charge in [-0.3, -0.25) is 0 Å². The van der Waals surface area contributed by atoms with Crippen LogP contribution in [0.3, 0.4) is 0 Å². The summed E-state index contributed by atoms with van der Waals surface area (Å²) in [5.74, 6) is 0.00490. The maximum atomic E-state index is 14.5. The Labute approximate surface area is 172 Å². The first-order valence-corrected chi connectivity index (χ1v) is 10.3. The van der Waals surface area contributed by atoms with Gasteiger partial charge in [0.25, 0.3) is 0 Å². The van der Waals surface area contributed by atoms with Gasteiger partial charge in [0.15, 0.2) is 5.65 Å². The van der Waals surface area contributed by atoms with E-state index in [1.54, 1.807) is 24.4 Å². The van der Waals surface area contributed by atoms with E-state index in [1.807, 2.05) is 6.07 Å². The minimum Gasteiger partial charge on any atom is -0.337 e. The van der Waals surface area contributed by atoms with Gasteiger partial charge in [-0.1, -0.05) is 6.07 Å². The number of halogens is 1. The highest BCUT2D eigenvalue weighted by Gasteiger charge is 2.15. The Morgan fingerprint density at radius 2 is 2.00 bits per heavy atom. The predicted octanol–water partition coefficient (Wildman–Crippen LogP) is 2.35. The standard InChI is InChI=1S/C19H18FN7O2S/c20-14-6-5-12(3-1-8-26-30(28)29)9-15(14)27-18-13(4-2-7-21-18)16-17-19(24-10-22-16)25-11-23-17/h2,4-7,9-11,30H,1,3,8H2,(H,21,27)(H,26,28,29)(H,22,23,24,25).